The van der Waals surface area contributed by atoms with Crippen LogP contribution in [0, 0.1) is 5.82 Å². The lowest BCUT2D eigenvalue weighted by molar-refractivity contribution is 0.0706. The van der Waals surface area contributed by atoms with Crippen molar-refractivity contribution in [2.24, 2.45) is 0 Å². The highest BCUT2D eigenvalue weighted by Gasteiger charge is 2.17. The summed E-state index contributed by atoms with van der Waals surface area (Å²) < 4.78 is 31.0. The maximum atomic E-state index is 14.3. The van der Waals surface area contributed by atoms with Crippen LogP contribution in [0.2, 0.25) is 0 Å². The topological polar surface area (TPSA) is 110 Å². The van der Waals surface area contributed by atoms with Crippen molar-refractivity contribution in [3.05, 3.63) is 95.5 Å². The normalized spacial score (nSPS) is 10.6. The third-order valence-corrected chi connectivity index (χ3v) is 4.96. The number of halogens is 1. The van der Waals surface area contributed by atoms with E-state index >= 15 is 0 Å². The Balaban J connectivity index is 1.35. The number of carbonyl (C=O) groups excluding carboxylic acids is 2. The third kappa shape index (κ3) is 5.33. The van der Waals surface area contributed by atoms with Crippen LogP contribution in [-0.2, 0) is 6.61 Å². The zero-order valence-corrected chi connectivity index (χ0v) is 17.9. The number of nitrogens with one attached hydrogen (secondary N) is 2. The standard InChI is InChI=1S/C25H21FN2O6/c26-21-11-8-17(15-33-18-4-2-1-3-5-18)20-14-22(34-23(20)21)25(30)27-12-13-32-19-9-6-16(7-10-19)24(29)28-31/h1-11,14,31H,12-13,15H2,(H,27,30)(H,28,29). The number of hydroxylamine groups is 1. The molecule has 3 N–H and O–H groups in total. The van der Waals surface area contributed by atoms with Gasteiger partial charge in [-0.3, -0.25) is 14.8 Å². The van der Waals surface area contributed by atoms with Crippen LogP contribution < -0.4 is 20.3 Å². The summed E-state index contributed by atoms with van der Waals surface area (Å²) in [6, 6.07) is 19.7. The summed E-state index contributed by atoms with van der Waals surface area (Å²) in [5.74, 6) is -0.579. The van der Waals surface area contributed by atoms with Gasteiger partial charge in [-0.15, -0.1) is 0 Å². The van der Waals surface area contributed by atoms with Gasteiger partial charge >= 0.3 is 0 Å². The van der Waals surface area contributed by atoms with Crippen LogP contribution in [-0.4, -0.2) is 30.2 Å². The summed E-state index contributed by atoms with van der Waals surface area (Å²) in [4.78, 5) is 23.8. The number of amides is 2. The van der Waals surface area contributed by atoms with E-state index in [0.717, 1.165) is 0 Å². The number of hydrogen-bond acceptors (Lipinski definition) is 6. The molecule has 4 rings (SSSR count). The highest BCUT2D eigenvalue weighted by molar-refractivity contribution is 5.97. The molecule has 0 fully saturated rings. The molecule has 2 amide bonds. The van der Waals surface area contributed by atoms with E-state index in [4.69, 9.17) is 19.1 Å². The lowest BCUT2D eigenvalue weighted by Crippen LogP contribution is -2.27. The van der Waals surface area contributed by atoms with Crippen LogP contribution in [0.4, 0.5) is 4.39 Å². The largest absolute Gasteiger partial charge is 0.492 e. The van der Waals surface area contributed by atoms with E-state index < -0.39 is 17.6 Å². The van der Waals surface area contributed by atoms with E-state index in [1.807, 2.05) is 30.3 Å². The van der Waals surface area contributed by atoms with Crippen LogP contribution in [0.3, 0.4) is 0 Å². The Morgan fingerprint density at radius 2 is 1.65 bits per heavy atom. The molecule has 1 aromatic heterocycles. The smallest absolute Gasteiger partial charge is 0.287 e. The lowest BCUT2D eigenvalue weighted by Gasteiger charge is -2.07. The van der Waals surface area contributed by atoms with Crippen molar-refractivity contribution in [3.8, 4) is 11.5 Å². The highest BCUT2D eigenvalue weighted by atomic mass is 19.1. The summed E-state index contributed by atoms with van der Waals surface area (Å²) in [6.45, 7) is 0.511. The average Bonchev–Trinajstić information content (AvgIpc) is 3.33. The molecule has 9 heteroatoms. The Kier molecular flexibility index (Phi) is 7.04. The van der Waals surface area contributed by atoms with Gasteiger partial charge in [0.25, 0.3) is 11.8 Å². The van der Waals surface area contributed by atoms with Gasteiger partial charge in [-0.25, -0.2) is 9.87 Å². The van der Waals surface area contributed by atoms with Gasteiger partial charge in [0, 0.05) is 16.5 Å². The molecule has 0 spiro atoms. The fraction of sp³-hybridized carbons (Fsp3) is 0.120. The second-order valence-electron chi connectivity index (χ2n) is 7.23. The monoisotopic (exact) mass is 464 g/mol. The number of furan rings is 1. The summed E-state index contributed by atoms with van der Waals surface area (Å²) in [6.07, 6.45) is 0. The molecule has 0 unspecified atom stereocenters. The maximum Gasteiger partial charge on any atom is 0.287 e. The van der Waals surface area contributed by atoms with Gasteiger partial charge in [0.2, 0.25) is 0 Å². The van der Waals surface area contributed by atoms with Crippen molar-refractivity contribution in [2.75, 3.05) is 13.2 Å². The third-order valence-electron chi connectivity index (χ3n) is 4.96. The zero-order chi connectivity index (χ0) is 23.9. The first kappa shape index (κ1) is 22.8. The molecule has 0 radical (unpaired) electrons. The van der Waals surface area contributed by atoms with Gasteiger partial charge in [0.1, 0.15) is 24.7 Å². The number of para-hydroxylation sites is 1. The highest BCUT2D eigenvalue weighted by Crippen LogP contribution is 2.27. The van der Waals surface area contributed by atoms with Gasteiger partial charge in [-0.1, -0.05) is 24.3 Å². The van der Waals surface area contributed by atoms with Gasteiger partial charge in [-0.2, -0.15) is 0 Å². The molecule has 0 saturated carbocycles. The minimum Gasteiger partial charge on any atom is -0.492 e. The number of carbonyl (C=O) groups is 2. The number of ether oxygens (including phenoxy) is 2. The Bertz CT molecular complexity index is 1290. The maximum absolute atomic E-state index is 14.3. The van der Waals surface area contributed by atoms with E-state index in [0.29, 0.717) is 22.4 Å². The number of benzene rings is 3. The Morgan fingerprint density at radius 3 is 2.38 bits per heavy atom. The molecular formula is C25H21FN2O6. The van der Waals surface area contributed by atoms with Crippen LogP contribution in [0.5, 0.6) is 11.5 Å². The first-order chi connectivity index (χ1) is 16.5. The molecule has 4 aromatic rings. The fourth-order valence-electron chi connectivity index (χ4n) is 3.25. The second-order valence-corrected chi connectivity index (χ2v) is 7.23. The zero-order valence-electron chi connectivity index (χ0n) is 17.9. The van der Waals surface area contributed by atoms with Gasteiger partial charge in [0.05, 0.1) is 6.54 Å². The Labute approximate surface area is 193 Å². The number of fused-ring (bicyclic) bond motifs is 1. The summed E-state index contributed by atoms with van der Waals surface area (Å²) in [5.41, 5.74) is 2.49. The Hall–Kier alpha value is -4.37. The van der Waals surface area contributed by atoms with E-state index in [9.17, 15) is 14.0 Å². The molecular weight excluding hydrogens is 443 g/mol. The molecule has 0 aliphatic rings. The predicted molar refractivity (Wildman–Crippen MR) is 120 cm³/mol. The minimum absolute atomic E-state index is 0.0115. The summed E-state index contributed by atoms with van der Waals surface area (Å²) >= 11 is 0. The van der Waals surface area contributed by atoms with Crippen LogP contribution in [0.15, 0.2) is 77.2 Å². The summed E-state index contributed by atoms with van der Waals surface area (Å²) in [5, 5.41) is 11.7. The molecule has 0 aliphatic carbocycles. The van der Waals surface area contributed by atoms with Crippen molar-refractivity contribution in [2.45, 2.75) is 6.61 Å². The van der Waals surface area contributed by atoms with Gasteiger partial charge in [-0.05, 0) is 48.5 Å². The van der Waals surface area contributed by atoms with E-state index in [1.54, 1.807) is 23.7 Å². The molecule has 0 atom stereocenters. The molecule has 3 aromatic carbocycles. The SMILES string of the molecule is O=C(NO)c1ccc(OCCNC(=O)c2cc3c(COc4ccccc4)ccc(F)c3o2)cc1. The average molecular weight is 464 g/mol. The molecule has 174 valence electrons. The fourth-order valence-corrected chi connectivity index (χ4v) is 3.25. The van der Waals surface area contributed by atoms with Gasteiger partial charge in [0.15, 0.2) is 17.2 Å². The number of hydrogen-bond donors (Lipinski definition) is 3. The van der Waals surface area contributed by atoms with Crippen molar-refractivity contribution < 1.29 is 33.1 Å². The van der Waals surface area contributed by atoms with Crippen molar-refractivity contribution in [1.29, 1.82) is 0 Å². The van der Waals surface area contributed by atoms with Crippen LogP contribution >= 0.6 is 0 Å². The van der Waals surface area contributed by atoms with Crippen molar-refractivity contribution in [1.82, 2.24) is 10.8 Å². The number of rotatable bonds is 9. The Morgan fingerprint density at radius 1 is 0.912 bits per heavy atom. The van der Waals surface area contributed by atoms with Gasteiger partial charge < -0.3 is 19.2 Å². The van der Waals surface area contributed by atoms with E-state index in [1.165, 1.54) is 24.3 Å². The minimum atomic E-state index is -0.629. The van der Waals surface area contributed by atoms with Crippen LogP contribution in [0.25, 0.3) is 11.0 Å². The molecule has 1 heterocycles. The van der Waals surface area contributed by atoms with E-state index in [-0.39, 0.29) is 36.7 Å². The first-order valence-corrected chi connectivity index (χ1v) is 10.4. The first-order valence-electron chi connectivity index (χ1n) is 10.4. The quantitative estimate of drug-likeness (QED) is 0.196. The lowest BCUT2D eigenvalue weighted by atomic mass is 10.1. The second kappa shape index (κ2) is 10.5. The van der Waals surface area contributed by atoms with Crippen molar-refractivity contribution in [3.63, 3.8) is 0 Å². The predicted octanol–water partition coefficient (Wildman–Crippen LogP) is 4.08. The van der Waals surface area contributed by atoms with Crippen LogP contribution in [0.1, 0.15) is 26.5 Å². The molecule has 8 nitrogen and oxygen atoms in total. The molecule has 0 aliphatic heterocycles. The molecule has 0 saturated heterocycles. The molecule has 0 bridgehead atoms. The van der Waals surface area contributed by atoms with Crippen molar-refractivity contribution >= 4 is 22.8 Å². The summed E-state index contributed by atoms with van der Waals surface area (Å²) in [7, 11) is 0. The van der Waals surface area contributed by atoms with E-state index in [2.05, 4.69) is 5.32 Å². The molecule has 34 heavy (non-hydrogen) atoms.